The summed E-state index contributed by atoms with van der Waals surface area (Å²) in [6, 6.07) is 0. The lowest BCUT2D eigenvalue weighted by Gasteiger charge is -2.36. The minimum atomic E-state index is -1.51. The molecular formula is C7H17ClNOSSi-. The number of hydrogen-bond acceptors (Lipinski definition) is 3. The van der Waals surface area contributed by atoms with Crippen LogP contribution < -0.4 is 0 Å². The van der Waals surface area contributed by atoms with Gasteiger partial charge in [0.15, 0.2) is 0 Å². The summed E-state index contributed by atoms with van der Waals surface area (Å²) in [5, 5.41) is 0.284. The molecular weight excluding hydrogens is 210 g/mol. The zero-order valence-electron chi connectivity index (χ0n) is 8.35. The Labute approximate surface area is 82.4 Å². The van der Waals surface area contributed by atoms with Crippen LogP contribution >= 0.6 is 10.7 Å². The van der Waals surface area contributed by atoms with Crippen LogP contribution in [0.25, 0.3) is 0 Å². The summed E-state index contributed by atoms with van der Waals surface area (Å²) >= 11 is 0. The van der Waals surface area contributed by atoms with E-state index in [4.69, 9.17) is 10.7 Å². The minimum Gasteiger partial charge on any atom is -0.430 e. The second kappa shape index (κ2) is 4.11. The molecule has 12 heavy (non-hydrogen) atoms. The van der Waals surface area contributed by atoms with Crippen molar-refractivity contribution in [1.82, 2.24) is 0 Å². The monoisotopic (exact) mass is 226 g/mol. The van der Waals surface area contributed by atoms with Gasteiger partial charge in [-0.2, -0.15) is 0 Å². The van der Waals surface area contributed by atoms with Gasteiger partial charge in [0.2, 0.25) is 0 Å². The Morgan fingerprint density at radius 2 is 1.83 bits per heavy atom. The van der Waals surface area contributed by atoms with Gasteiger partial charge in [-0.3, -0.25) is 0 Å². The molecule has 0 saturated carbocycles. The fourth-order valence-electron chi connectivity index (χ4n) is 0.449. The molecule has 0 bridgehead atoms. The molecule has 0 atom stereocenters. The molecule has 0 rings (SSSR count). The molecule has 0 radical (unpaired) electrons. The van der Waals surface area contributed by atoms with Crippen molar-refractivity contribution in [3.63, 3.8) is 0 Å². The highest BCUT2D eigenvalue weighted by Crippen LogP contribution is 2.35. The van der Waals surface area contributed by atoms with Crippen molar-refractivity contribution in [3.8, 4) is 0 Å². The first-order valence-corrected chi connectivity index (χ1v) is 9.06. The Balaban J connectivity index is 4.44. The highest BCUT2D eigenvalue weighted by atomic mass is 35.7. The Morgan fingerprint density at radius 1 is 1.42 bits per heavy atom. The molecule has 0 N–H and O–H groups in total. The first-order valence-electron chi connectivity index (χ1n) is 3.92. The predicted molar refractivity (Wildman–Crippen MR) is 58.4 cm³/mol. The van der Waals surface area contributed by atoms with Gasteiger partial charge < -0.3 is 8.57 Å². The molecule has 0 amide bonds. The van der Waals surface area contributed by atoms with E-state index in [0.717, 1.165) is 0 Å². The third-order valence-electron chi connectivity index (χ3n) is 2.59. The number of hydrogen-bond donors (Lipinski definition) is 0. The van der Waals surface area contributed by atoms with Crippen molar-refractivity contribution in [2.24, 2.45) is 4.36 Å². The fraction of sp³-hybridized carbons (Fsp3) is 1.00. The summed E-state index contributed by atoms with van der Waals surface area (Å²) in [4.78, 5) is 0. The van der Waals surface area contributed by atoms with Crippen molar-refractivity contribution in [1.29, 1.82) is 0 Å². The maximum absolute atomic E-state index is 10.5. The van der Waals surface area contributed by atoms with Crippen molar-refractivity contribution < 1.29 is 4.21 Å². The summed E-state index contributed by atoms with van der Waals surface area (Å²) in [7, 11) is 2.33. The quantitative estimate of drug-likeness (QED) is 0.404. The fourth-order valence-corrected chi connectivity index (χ4v) is 3.06. The molecule has 0 aromatic heterocycles. The van der Waals surface area contributed by atoms with E-state index in [1.807, 2.05) is 0 Å². The number of nitrogens with zero attached hydrogens (tertiary/aromatic N) is 1. The smallest absolute Gasteiger partial charge is 0.0743 e. The second-order valence-electron chi connectivity index (χ2n) is 4.63. The van der Waals surface area contributed by atoms with Crippen LogP contribution in [0, 0.1) is 0 Å². The highest BCUT2D eigenvalue weighted by molar-refractivity contribution is 7.99. The average molecular weight is 227 g/mol. The van der Waals surface area contributed by atoms with Gasteiger partial charge in [-0.05, 0) is 5.04 Å². The number of rotatable bonds is 2. The molecule has 0 aliphatic carbocycles. The van der Waals surface area contributed by atoms with Gasteiger partial charge in [-0.25, -0.2) is 10.7 Å². The average Bonchev–Trinajstić information content (AvgIpc) is 1.81. The Kier molecular flexibility index (Phi) is 4.27. The SMILES string of the molecule is CC(C)(C)[Si](C)(C)CN=[S-](=O)Cl. The topological polar surface area (TPSA) is 29.4 Å². The molecule has 0 aliphatic heterocycles. The number of halogens is 1. The van der Waals surface area contributed by atoms with E-state index in [1.165, 1.54) is 0 Å². The lowest BCUT2D eigenvalue weighted by atomic mass is 10.2. The van der Waals surface area contributed by atoms with E-state index < -0.39 is 17.9 Å². The molecule has 0 aliphatic rings. The maximum Gasteiger partial charge on any atom is 0.0743 e. The highest BCUT2D eigenvalue weighted by Gasteiger charge is 2.33. The van der Waals surface area contributed by atoms with Crippen molar-refractivity contribution >= 4 is 28.6 Å². The Hall–Kier alpha value is 0.457. The van der Waals surface area contributed by atoms with Gasteiger partial charge in [0.05, 0.1) is 8.07 Å². The molecule has 0 aromatic rings. The zero-order valence-corrected chi connectivity index (χ0v) is 10.9. The van der Waals surface area contributed by atoms with E-state index in [2.05, 4.69) is 38.2 Å². The summed E-state index contributed by atoms with van der Waals surface area (Å²) in [6.45, 7) is 11.1. The van der Waals surface area contributed by atoms with Crippen LogP contribution in [0.15, 0.2) is 4.36 Å². The Bertz CT molecular complexity index is 228. The lowest BCUT2D eigenvalue weighted by molar-refractivity contribution is 0.606. The van der Waals surface area contributed by atoms with E-state index in [0.29, 0.717) is 6.17 Å². The van der Waals surface area contributed by atoms with Crippen LogP contribution in [0.3, 0.4) is 0 Å². The van der Waals surface area contributed by atoms with Gasteiger partial charge in [-0.1, -0.05) is 33.9 Å². The van der Waals surface area contributed by atoms with Gasteiger partial charge in [0.1, 0.15) is 0 Å². The molecule has 0 unspecified atom stereocenters. The summed E-state index contributed by atoms with van der Waals surface area (Å²) in [6.07, 6.45) is 0.673. The van der Waals surface area contributed by atoms with Crippen LogP contribution in [0.5, 0.6) is 0 Å². The summed E-state index contributed by atoms with van der Waals surface area (Å²) in [5.74, 6) is 0. The normalized spacial score (nSPS) is 16.5. The standard InChI is InChI=1S/C7H17ClNOSSi/c1-7(2,3)12(4,5)6-9-11(8)10/h6H2,1-5H3/q-1. The molecule has 0 spiro atoms. The van der Waals surface area contributed by atoms with E-state index >= 15 is 0 Å². The van der Waals surface area contributed by atoms with Crippen LogP contribution in [-0.4, -0.2) is 14.2 Å². The van der Waals surface area contributed by atoms with Gasteiger partial charge in [0, 0.05) is 6.17 Å². The van der Waals surface area contributed by atoms with Crippen LogP contribution in [0.2, 0.25) is 18.1 Å². The molecule has 0 aromatic carbocycles. The van der Waals surface area contributed by atoms with Crippen LogP contribution in [-0.2, 0) is 14.0 Å². The van der Waals surface area contributed by atoms with Gasteiger partial charge in [-0.15, -0.1) is 9.81 Å². The van der Waals surface area contributed by atoms with Crippen molar-refractivity contribution in [3.05, 3.63) is 0 Å². The minimum absolute atomic E-state index is 0.284. The molecule has 2 nitrogen and oxygen atoms in total. The molecule has 0 heterocycles. The van der Waals surface area contributed by atoms with Crippen LogP contribution in [0.4, 0.5) is 0 Å². The predicted octanol–water partition coefficient (Wildman–Crippen LogP) is 3.34. The molecule has 0 fully saturated rings. The second-order valence-corrected chi connectivity index (χ2v) is 11.7. The van der Waals surface area contributed by atoms with Crippen molar-refractivity contribution in [2.75, 3.05) is 6.17 Å². The van der Waals surface area contributed by atoms with E-state index in [1.54, 1.807) is 0 Å². The third kappa shape index (κ3) is 3.91. The summed E-state index contributed by atoms with van der Waals surface area (Å²) < 4.78 is 14.4. The van der Waals surface area contributed by atoms with Crippen LogP contribution in [0.1, 0.15) is 20.8 Å². The van der Waals surface area contributed by atoms with E-state index in [9.17, 15) is 4.21 Å². The lowest BCUT2D eigenvalue weighted by Crippen LogP contribution is -2.40. The largest absolute Gasteiger partial charge is 0.430 e. The zero-order chi connectivity index (χ0) is 9.99. The molecule has 0 saturated heterocycles. The maximum atomic E-state index is 10.5. The first kappa shape index (κ1) is 12.5. The third-order valence-corrected chi connectivity index (χ3v) is 8.46. The first-order chi connectivity index (χ1) is 5.17. The Morgan fingerprint density at radius 3 is 2.08 bits per heavy atom. The van der Waals surface area contributed by atoms with Gasteiger partial charge >= 0.3 is 0 Å². The summed E-state index contributed by atoms with van der Waals surface area (Å²) in [5.41, 5.74) is 0. The van der Waals surface area contributed by atoms with E-state index in [-0.39, 0.29) is 5.04 Å². The molecule has 74 valence electrons. The van der Waals surface area contributed by atoms with Crippen molar-refractivity contribution in [2.45, 2.75) is 38.9 Å². The molecule has 5 heteroatoms. The van der Waals surface area contributed by atoms with Gasteiger partial charge in [0.25, 0.3) is 0 Å².